The Morgan fingerprint density at radius 1 is 1.50 bits per heavy atom. The molecule has 0 saturated carbocycles. The number of alkyl halides is 3. The van der Waals surface area contributed by atoms with Gasteiger partial charge in [-0.15, -0.1) is 0 Å². The van der Waals surface area contributed by atoms with Crippen molar-refractivity contribution in [3.63, 3.8) is 0 Å². The lowest BCUT2D eigenvalue weighted by Gasteiger charge is -2.27. The van der Waals surface area contributed by atoms with E-state index in [9.17, 15) is 13.2 Å². The smallest absolute Gasteiger partial charge is 0.326 e. The molecule has 0 radical (unpaired) electrons. The lowest BCUT2D eigenvalue weighted by atomic mass is 10.1. The van der Waals surface area contributed by atoms with Gasteiger partial charge in [-0.05, 0) is 13.0 Å². The van der Waals surface area contributed by atoms with Gasteiger partial charge in [-0.25, -0.2) is 0 Å². The molecule has 0 aromatic rings. The van der Waals surface area contributed by atoms with Gasteiger partial charge in [0.1, 0.15) is 6.04 Å². The zero-order valence-corrected chi connectivity index (χ0v) is 6.93. The van der Waals surface area contributed by atoms with Crippen LogP contribution in [0.5, 0.6) is 0 Å². The molecule has 1 rings (SSSR count). The molecule has 0 aromatic carbocycles. The van der Waals surface area contributed by atoms with Crippen LogP contribution in [-0.2, 0) is 0 Å². The molecule has 1 heterocycles. The fourth-order valence-corrected chi connectivity index (χ4v) is 1.69. The molecule has 2 N–H and O–H groups in total. The fourth-order valence-electron chi connectivity index (χ4n) is 1.69. The second-order valence-corrected chi connectivity index (χ2v) is 3.07. The quantitative estimate of drug-likeness (QED) is 0.654. The SMILES string of the molecule is CCN1CCC(N)C1C(F)(F)F. The second-order valence-electron chi connectivity index (χ2n) is 3.07. The highest BCUT2D eigenvalue weighted by atomic mass is 19.4. The number of likely N-dealkylation sites (N-methyl/N-ethyl adjacent to an activating group) is 1. The number of halogens is 3. The Hall–Kier alpha value is -0.290. The minimum atomic E-state index is -4.17. The van der Waals surface area contributed by atoms with Gasteiger partial charge in [0, 0.05) is 12.6 Å². The van der Waals surface area contributed by atoms with Crippen LogP contribution in [0.15, 0.2) is 0 Å². The van der Waals surface area contributed by atoms with Crippen molar-refractivity contribution in [1.82, 2.24) is 4.90 Å². The van der Waals surface area contributed by atoms with Crippen molar-refractivity contribution in [2.45, 2.75) is 31.6 Å². The Balaban J connectivity index is 2.70. The summed E-state index contributed by atoms with van der Waals surface area (Å²) in [7, 11) is 0. The minimum Gasteiger partial charge on any atom is -0.326 e. The van der Waals surface area contributed by atoms with Crippen LogP contribution in [0.2, 0.25) is 0 Å². The van der Waals surface area contributed by atoms with Gasteiger partial charge in [-0.3, -0.25) is 4.90 Å². The summed E-state index contributed by atoms with van der Waals surface area (Å²) in [6, 6.07) is -2.17. The Bertz CT molecular complexity index is 157. The number of rotatable bonds is 1. The molecule has 2 unspecified atom stereocenters. The topological polar surface area (TPSA) is 29.3 Å². The van der Waals surface area contributed by atoms with E-state index in [1.54, 1.807) is 6.92 Å². The normalized spacial score (nSPS) is 32.8. The maximum absolute atomic E-state index is 12.3. The second kappa shape index (κ2) is 3.22. The first-order valence-electron chi connectivity index (χ1n) is 4.03. The lowest BCUT2D eigenvalue weighted by molar-refractivity contribution is -0.178. The zero-order valence-electron chi connectivity index (χ0n) is 6.93. The van der Waals surface area contributed by atoms with Gasteiger partial charge < -0.3 is 5.73 Å². The summed E-state index contributed by atoms with van der Waals surface area (Å²) in [5, 5.41) is 0. The number of nitrogens with zero attached hydrogens (tertiary/aromatic N) is 1. The van der Waals surface area contributed by atoms with Crippen LogP contribution in [-0.4, -0.2) is 36.2 Å². The Morgan fingerprint density at radius 2 is 2.08 bits per heavy atom. The molecule has 72 valence electrons. The van der Waals surface area contributed by atoms with Crippen molar-refractivity contribution in [3.05, 3.63) is 0 Å². The van der Waals surface area contributed by atoms with Crippen molar-refractivity contribution in [1.29, 1.82) is 0 Å². The van der Waals surface area contributed by atoms with E-state index >= 15 is 0 Å². The molecular formula is C7H13F3N2. The van der Waals surface area contributed by atoms with Crippen LogP contribution >= 0.6 is 0 Å². The minimum absolute atomic E-state index is 0.415. The van der Waals surface area contributed by atoms with Crippen molar-refractivity contribution >= 4 is 0 Å². The standard InChI is InChI=1S/C7H13F3N2/c1-2-12-4-3-5(11)6(12)7(8,9)10/h5-6H,2-4,11H2,1H3. The average Bonchev–Trinajstić information content (AvgIpc) is 2.29. The van der Waals surface area contributed by atoms with Crippen LogP contribution in [0, 0.1) is 0 Å². The highest BCUT2D eigenvalue weighted by molar-refractivity contribution is 4.93. The molecule has 0 aromatic heterocycles. The van der Waals surface area contributed by atoms with E-state index < -0.39 is 18.3 Å². The average molecular weight is 182 g/mol. The molecular weight excluding hydrogens is 169 g/mol. The van der Waals surface area contributed by atoms with Crippen molar-refractivity contribution in [2.75, 3.05) is 13.1 Å². The monoisotopic (exact) mass is 182 g/mol. The van der Waals surface area contributed by atoms with Gasteiger partial charge in [0.25, 0.3) is 0 Å². The van der Waals surface area contributed by atoms with Gasteiger partial charge in [0.2, 0.25) is 0 Å². The molecule has 0 amide bonds. The summed E-state index contributed by atoms with van der Waals surface area (Å²) in [5.74, 6) is 0. The predicted octanol–water partition coefficient (Wildman–Crippen LogP) is 0.970. The third kappa shape index (κ3) is 1.72. The largest absolute Gasteiger partial charge is 0.405 e. The van der Waals surface area contributed by atoms with Crippen LogP contribution in [0.3, 0.4) is 0 Å². The van der Waals surface area contributed by atoms with Crippen LogP contribution < -0.4 is 5.73 Å². The van der Waals surface area contributed by atoms with Gasteiger partial charge in [0.05, 0.1) is 0 Å². The van der Waals surface area contributed by atoms with E-state index in [4.69, 9.17) is 5.73 Å². The molecule has 1 aliphatic heterocycles. The molecule has 1 aliphatic rings. The van der Waals surface area contributed by atoms with Crippen molar-refractivity contribution < 1.29 is 13.2 Å². The molecule has 0 bridgehead atoms. The first kappa shape index (κ1) is 9.80. The molecule has 0 aliphatic carbocycles. The zero-order chi connectivity index (χ0) is 9.35. The van der Waals surface area contributed by atoms with E-state index in [-0.39, 0.29) is 0 Å². The number of likely N-dealkylation sites (tertiary alicyclic amines) is 1. The predicted molar refractivity (Wildman–Crippen MR) is 39.7 cm³/mol. The highest BCUT2D eigenvalue weighted by Crippen LogP contribution is 2.31. The summed E-state index contributed by atoms with van der Waals surface area (Å²) in [6.45, 7) is 2.59. The summed E-state index contributed by atoms with van der Waals surface area (Å²) >= 11 is 0. The van der Waals surface area contributed by atoms with Crippen molar-refractivity contribution in [2.24, 2.45) is 5.73 Å². The van der Waals surface area contributed by atoms with Crippen LogP contribution in [0.1, 0.15) is 13.3 Å². The van der Waals surface area contributed by atoms with E-state index in [1.807, 2.05) is 0 Å². The van der Waals surface area contributed by atoms with Gasteiger partial charge in [0.15, 0.2) is 0 Å². The Kier molecular flexibility index (Phi) is 2.63. The van der Waals surface area contributed by atoms with Gasteiger partial charge in [-0.2, -0.15) is 13.2 Å². The molecule has 12 heavy (non-hydrogen) atoms. The molecule has 1 saturated heterocycles. The number of hydrogen-bond donors (Lipinski definition) is 1. The van der Waals surface area contributed by atoms with E-state index in [2.05, 4.69) is 0 Å². The maximum atomic E-state index is 12.3. The number of hydrogen-bond acceptors (Lipinski definition) is 2. The highest BCUT2D eigenvalue weighted by Gasteiger charge is 2.49. The Morgan fingerprint density at radius 3 is 2.42 bits per heavy atom. The molecule has 2 atom stereocenters. The lowest BCUT2D eigenvalue weighted by Crippen LogP contribution is -2.49. The summed E-state index contributed by atoms with van der Waals surface area (Å²) in [5.41, 5.74) is 5.37. The first-order valence-corrected chi connectivity index (χ1v) is 4.03. The van der Waals surface area contributed by atoms with E-state index in [1.165, 1.54) is 4.90 Å². The third-order valence-corrected chi connectivity index (χ3v) is 2.29. The van der Waals surface area contributed by atoms with Crippen LogP contribution in [0.25, 0.3) is 0 Å². The molecule has 1 fully saturated rings. The molecule has 2 nitrogen and oxygen atoms in total. The summed E-state index contributed by atoms with van der Waals surface area (Å²) in [6.07, 6.45) is -3.73. The maximum Gasteiger partial charge on any atom is 0.405 e. The number of nitrogens with two attached hydrogens (primary N) is 1. The summed E-state index contributed by atoms with van der Waals surface area (Å²) in [4.78, 5) is 1.38. The van der Waals surface area contributed by atoms with Gasteiger partial charge >= 0.3 is 6.18 Å². The van der Waals surface area contributed by atoms with E-state index in [0.29, 0.717) is 19.5 Å². The van der Waals surface area contributed by atoms with Crippen molar-refractivity contribution in [3.8, 4) is 0 Å². The fraction of sp³-hybridized carbons (Fsp3) is 1.00. The van der Waals surface area contributed by atoms with Crippen LogP contribution in [0.4, 0.5) is 13.2 Å². The third-order valence-electron chi connectivity index (χ3n) is 2.29. The molecule has 0 spiro atoms. The Labute approximate surface area is 69.5 Å². The first-order chi connectivity index (χ1) is 5.46. The molecule has 5 heteroatoms. The summed E-state index contributed by atoms with van der Waals surface area (Å²) < 4.78 is 37.0. The van der Waals surface area contributed by atoms with E-state index in [0.717, 1.165) is 0 Å². The van der Waals surface area contributed by atoms with Gasteiger partial charge in [-0.1, -0.05) is 6.92 Å².